The third-order valence-electron chi connectivity index (χ3n) is 4.29. The van der Waals surface area contributed by atoms with Gasteiger partial charge in [0.15, 0.2) is 5.16 Å². The highest BCUT2D eigenvalue weighted by Crippen LogP contribution is 2.20. The maximum Gasteiger partial charge on any atom is 0.262 e. The van der Waals surface area contributed by atoms with Crippen LogP contribution < -0.4 is 10.9 Å². The molecule has 8 heteroatoms. The Morgan fingerprint density at radius 2 is 1.97 bits per heavy atom. The monoisotopic (exact) mass is 417 g/mol. The lowest BCUT2D eigenvalue weighted by Crippen LogP contribution is -2.25. The minimum Gasteiger partial charge on any atom is -0.323 e. The summed E-state index contributed by atoms with van der Waals surface area (Å²) in [4.78, 5) is 29.7. The molecule has 0 aliphatic heterocycles. The molecule has 1 aromatic heterocycles. The van der Waals surface area contributed by atoms with Gasteiger partial charge in [0.25, 0.3) is 5.56 Å². The Morgan fingerprint density at radius 3 is 2.69 bits per heavy atom. The van der Waals surface area contributed by atoms with Crippen LogP contribution in [0.3, 0.4) is 0 Å². The fraction of sp³-hybridized carbons (Fsp3) is 0.286. The van der Waals surface area contributed by atoms with E-state index in [2.05, 4.69) is 24.1 Å². The maximum absolute atomic E-state index is 13.7. The smallest absolute Gasteiger partial charge is 0.262 e. The van der Waals surface area contributed by atoms with Gasteiger partial charge in [0.05, 0.1) is 22.3 Å². The Bertz CT molecular complexity index is 1100. The molecular weight excluding hydrogens is 396 g/mol. The van der Waals surface area contributed by atoms with Gasteiger partial charge in [-0.15, -0.1) is 0 Å². The molecule has 5 nitrogen and oxygen atoms in total. The van der Waals surface area contributed by atoms with Gasteiger partial charge in [0, 0.05) is 12.6 Å². The van der Waals surface area contributed by atoms with E-state index in [0.717, 1.165) is 24.2 Å². The Labute approximate surface area is 171 Å². The third kappa shape index (κ3) is 5.20. The number of para-hydroxylation sites is 1. The molecule has 0 aliphatic carbocycles. The molecule has 152 valence electrons. The second kappa shape index (κ2) is 9.17. The molecular formula is C21H21F2N3O2S. The van der Waals surface area contributed by atoms with Gasteiger partial charge in [0.2, 0.25) is 5.91 Å². The van der Waals surface area contributed by atoms with Gasteiger partial charge in [-0.05, 0) is 36.6 Å². The van der Waals surface area contributed by atoms with Gasteiger partial charge in [-0.1, -0.05) is 37.7 Å². The van der Waals surface area contributed by atoms with Crippen LogP contribution in [0.5, 0.6) is 0 Å². The van der Waals surface area contributed by atoms with Gasteiger partial charge >= 0.3 is 0 Å². The number of hydrogen-bond acceptors (Lipinski definition) is 4. The van der Waals surface area contributed by atoms with Crippen LogP contribution in [-0.4, -0.2) is 21.2 Å². The molecule has 0 unspecified atom stereocenters. The zero-order valence-electron chi connectivity index (χ0n) is 16.1. The van der Waals surface area contributed by atoms with Crippen LogP contribution in [0.15, 0.2) is 52.4 Å². The summed E-state index contributed by atoms with van der Waals surface area (Å²) < 4.78 is 28.3. The number of amides is 1. The van der Waals surface area contributed by atoms with E-state index >= 15 is 0 Å². The number of carbonyl (C=O) groups excluding carboxylic acids is 1. The number of anilines is 1. The minimum atomic E-state index is -0.846. The first-order valence-electron chi connectivity index (χ1n) is 9.22. The Hall–Kier alpha value is -2.74. The Kier molecular flexibility index (Phi) is 6.64. The third-order valence-corrected chi connectivity index (χ3v) is 5.27. The van der Waals surface area contributed by atoms with Crippen LogP contribution in [0.4, 0.5) is 14.5 Å². The highest BCUT2D eigenvalue weighted by Gasteiger charge is 2.14. The molecule has 0 saturated heterocycles. The first-order valence-corrected chi connectivity index (χ1v) is 10.2. The summed E-state index contributed by atoms with van der Waals surface area (Å²) in [5.41, 5.74) is 0.315. The second-order valence-corrected chi connectivity index (χ2v) is 7.95. The molecule has 0 spiro atoms. The molecule has 1 heterocycles. The van der Waals surface area contributed by atoms with Crippen molar-refractivity contribution in [2.45, 2.75) is 32.0 Å². The van der Waals surface area contributed by atoms with Crippen molar-refractivity contribution in [1.29, 1.82) is 0 Å². The number of halogens is 2. The number of aromatic nitrogens is 2. The standard InChI is InChI=1S/C21H21F2N3O2S/c1-13(2)9-10-26-20(28)15-5-3-4-6-17(15)25-21(26)29-12-19(27)24-18-8-7-14(22)11-16(18)23/h3-8,11,13H,9-10,12H2,1-2H3,(H,24,27). The molecule has 0 fully saturated rings. The average molecular weight is 417 g/mol. The SMILES string of the molecule is CC(C)CCn1c(SCC(=O)Nc2ccc(F)cc2F)nc2ccccc2c1=O. The van der Waals surface area contributed by atoms with Gasteiger partial charge in [-0.2, -0.15) is 0 Å². The van der Waals surface area contributed by atoms with Crippen LogP contribution in [0.2, 0.25) is 0 Å². The summed E-state index contributed by atoms with van der Waals surface area (Å²) in [5.74, 6) is -1.71. The molecule has 29 heavy (non-hydrogen) atoms. The van der Waals surface area contributed by atoms with Crippen LogP contribution >= 0.6 is 11.8 Å². The lowest BCUT2D eigenvalue weighted by atomic mass is 10.1. The van der Waals surface area contributed by atoms with Gasteiger partial charge in [0.1, 0.15) is 11.6 Å². The maximum atomic E-state index is 13.7. The van der Waals surface area contributed by atoms with Crippen molar-refractivity contribution in [3.8, 4) is 0 Å². The summed E-state index contributed by atoms with van der Waals surface area (Å²) in [7, 11) is 0. The summed E-state index contributed by atoms with van der Waals surface area (Å²) >= 11 is 1.11. The number of thioether (sulfide) groups is 1. The number of rotatable bonds is 7. The molecule has 1 N–H and O–H groups in total. The van der Waals surface area contributed by atoms with Gasteiger partial charge < -0.3 is 5.32 Å². The summed E-state index contributed by atoms with van der Waals surface area (Å²) in [6.45, 7) is 4.62. The van der Waals surface area contributed by atoms with Crippen LogP contribution in [0, 0.1) is 17.6 Å². The van der Waals surface area contributed by atoms with E-state index in [0.29, 0.717) is 34.6 Å². The van der Waals surface area contributed by atoms with Crippen molar-refractivity contribution in [3.05, 3.63) is 64.5 Å². The fourth-order valence-electron chi connectivity index (χ4n) is 2.75. The normalized spacial score (nSPS) is 11.2. The molecule has 3 aromatic rings. The number of nitrogens with one attached hydrogen (secondary N) is 1. The molecule has 2 aromatic carbocycles. The summed E-state index contributed by atoms with van der Waals surface area (Å²) in [6, 6.07) is 10.0. The van der Waals surface area contributed by atoms with E-state index in [-0.39, 0.29) is 17.0 Å². The summed E-state index contributed by atoms with van der Waals surface area (Å²) in [5, 5.41) is 3.37. The predicted octanol–water partition coefficient (Wildman–Crippen LogP) is 4.45. The number of nitrogens with zero attached hydrogens (tertiary/aromatic N) is 2. The van der Waals surface area contributed by atoms with Crippen LogP contribution in [0.1, 0.15) is 20.3 Å². The van der Waals surface area contributed by atoms with Crippen molar-refractivity contribution in [2.24, 2.45) is 5.92 Å². The van der Waals surface area contributed by atoms with E-state index in [1.54, 1.807) is 28.8 Å². The molecule has 0 saturated carbocycles. The molecule has 0 bridgehead atoms. The Morgan fingerprint density at radius 1 is 1.21 bits per heavy atom. The van der Waals surface area contributed by atoms with E-state index in [1.807, 2.05) is 0 Å². The first-order chi connectivity index (χ1) is 13.8. The van der Waals surface area contributed by atoms with Crippen molar-refractivity contribution < 1.29 is 13.6 Å². The van der Waals surface area contributed by atoms with Gasteiger partial charge in [-0.3, -0.25) is 14.2 Å². The molecule has 0 radical (unpaired) electrons. The lowest BCUT2D eigenvalue weighted by molar-refractivity contribution is -0.113. The largest absolute Gasteiger partial charge is 0.323 e. The lowest BCUT2D eigenvalue weighted by Gasteiger charge is -2.14. The zero-order chi connectivity index (χ0) is 21.0. The van der Waals surface area contributed by atoms with Crippen molar-refractivity contribution in [2.75, 3.05) is 11.1 Å². The number of carbonyl (C=O) groups is 1. The van der Waals surface area contributed by atoms with Crippen LogP contribution in [-0.2, 0) is 11.3 Å². The molecule has 0 atom stereocenters. The fourth-order valence-corrected chi connectivity index (χ4v) is 3.57. The van der Waals surface area contributed by atoms with Crippen LogP contribution in [0.25, 0.3) is 10.9 Å². The van der Waals surface area contributed by atoms with E-state index in [1.165, 1.54) is 6.07 Å². The predicted molar refractivity (Wildman–Crippen MR) is 111 cm³/mol. The van der Waals surface area contributed by atoms with Crippen molar-refractivity contribution in [3.63, 3.8) is 0 Å². The number of benzene rings is 2. The van der Waals surface area contributed by atoms with E-state index in [4.69, 9.17) is 0 Å². The molecule has 1 amide bonds. The summed E-state index contributed by atoms with van der Waals surface area (Å²) in [6.07, 6.45) is 0.792. The van der Waals surface area contributed by atoms with E-state index < -0.39 is 17.5 Å². The highest BCUT2D eigenvalue weighted by molar-refractivity contribution is 7.99. The van der Waals surface area contributed by atoms with Gasteiger partial charge in [-0.25, -0.2) is 13.8 Å². The average Bonchev–Trinajstić information content (AvgIpc) is 2.68. The second-order valence-electron chi connectivity index (χ2n) is 7.01. The Balaban J connectivity index is 1.81. The molecule has 0 aliphatic rings. The first kappa shape index (κ1) is 21.0. The molecule has 3 rings (SSSR count). The zero-order valence-corrected chi connectivity index (χ0v) is 16.9. The van der Waals surface area contributed by atoms with E-state index in [9.17, 15) is 18.4 Å². The van der Waals surface area contributed by atoms with Crippen molar-refractivity contribution in [1.82, 2.24) is 9.55 Å². The van der Waals surface area contributed by atoms with Crippen molar-refractivity contribution >= 4 is 34.3 Å². The quantitative estimate of drug-likeness (QED) is 0.456. The topological polar surface area (TPSA) is 64.0 Å². The highest BCUT2D eigenvalue weighted by atomic mass is 32.2. The number of fused-ring (bicyclic) bond motifs is 1. The minimum absolute atomic E-state index is 0.0662. The number of hydrogen-bond donors (Lipinski definition) is 1.